The van der Waals surface area contributed by atoms with Crippen LogP contribution in [0.1, 0.15) is 24.5 Å². The number of benzene rings is 2. The van der Waals surface area contributed by atoms with E-state index in [2.05, 4.69) is 30.3 Å². The lowest BCUT2D eigenvalue weighted by atomic mass is 9.99. The Morgan fingerprint density at radius 3 is 2.58 bits per heavy atom. The van der Waals surface area contributed by atoms with Crippen LogP contribution in [0.15, 0.2) is 42.5 Å². The van der Waals surface area contributed by atoms with Gasteiger partial charge in [-0.1, -0.05) is 42.5 Å². The number of rotatable bonds is 2. The first-order valence-corrected chi connectivity index (χ1v) is 6.41. The summed E-state index contributed by atoms with van der Waals surface area (Å²) in [6, 6.07) is 14.5. The Hall–Kier alpha value is -1.71. The molecular formula is C16H18O3. The molecule has 1 heterocycles. The molecule has 2 atom stereocenters. The van der Waals surface area contributed by atoms with Crippen LogP contribution in [0, 0.1) is 0 Å². The highest BCUT2D eigenvalue weighted by Crippen LogP contribution is 2.35. The van der Waals surface area contributed by atoms with Crippen molar-refractivity contribution >= 4 is 17.1 Å². The molecule has 0 saturated carbocycles. The molecule has 0 bridgehead atoms. The van der Waals surface area contributed by atoms with Crippen LogP contribution in [0.3, 0.4) is 0 Å². The quantitative estimate of drug-likeness (QED) is 0.842. The van der Waals surface area contributed by atoms with Gasteiger partial charge in [-0.2, -0.15) is 0 Å². The van der Waals surface area contributed by atoms with Crippen molar-refractivity contribution in [1.29, 1.82) is 0 Å². The highest BCUT2D eigenvalue weighted by Gasteiger charge is 2.26. The van der Waals surface area contributed by atoms with Crippen molar-refractivity contribution in [3.63, 3.8) is 0 Å². The number of aldehydes is 1. The Morgan fingerprint density at radius 1 is 1.11 bits per heavy atom. The fourth-order valence-corrected chi connectivity index (χ4v) is 2.52. The van der Waals surface area contributed by atoms with E-state index in [1.165, 1.54) is 16.3 Å². The van der Waals surface area contributed by atoms with Crippen LogP contribution < -0.4 is 0 Å². The molecule has 1 N–H and O–H groups in total. The molecule has 3 rings (SSSR count). The molecule has 1 fully saturated rings. The summed E-state index contributed by atoms with van der Waals surface area (Å²) >= 11 is 0. The summed E-state index contributed by atoms with van der Waals surface area (Å²) in [5.74, 6) is 0. The van der Waals surface area contributed by atoms with Gasteiger partial charge in [0.2, 0.25) is 0 Å². The van der Waals surface area contributed by atoms with E-state index in [0.29, 0.717) is 0 Å². The van der Waals surface area contributed by atoms with Gasteiger partial charge in [-0.05, 0) is 29.2 Å². The number of aliphatic hydroxyl groups is 1. The van der Waals surface area contributed by atoms with Crippen LogP contribution in [-0.2, 0) is 9.53 Å². The highest BCUT2D eigenvalue weighted by molar-refractivity contribution is 5.86. The Labute approximate surface area is 112 Å². The maximum absolute atomic E-state index is 10.7. The van der Waals surface area contributed by atoms with E-state index in [1.54, 1.807) is 0 Å². The first-order valence-electron chi connectivity index (χ1n) is 6.41. The van der Waals surface area contributed by atoms with Crippen molar-refractivity contribution in [1.82, 2.24) is 0 Å². The Balaban J connectivity index is 0.000000637. The third-order valence-corrected chi connectivity index (χ3v) is 3.37. The van der Waals surface area contributed by atoms with Gasteiger partial charge in [-0.15, -0.1) is 0 Å². The Bertz CT molecular complexity index is 545. The molecular weight excluding hydrogens is 240 g/mol. The number of carbonyl (C=O) groups excluding carboxylic acids is 1. The SMILES string of the molecule is CO.O=CC1CCC(c2cccc3ccccc23)O1. The number of ether oxygens (including phenoxy) is 1. The van der Waals surface area contributed by atoms with Crippen molar-refractivity contribution in [2.75, 3.05) is 7.11 Å². The van der Waals surface area contributed by atoms with Crippen molar-refractivity contribution in [2.24, 2.45) is 0 Å². The number of aliphatic hydroxyl groups excluding tert-OH is 1. The zero-order chi connectivity index (χ0) is 13.7. The molecule has 0 aromatic heterocycles. The van der Waals surface area contributed by atoms with Gasteiger partial charge in [0, 0.05) is 7.11 Å². The Morgan fingerprint density at radius 2 is 1.84 bits per heavy atom. The molecule has 100 valence electrons. The van der Waals surface area contributed by atoms with Crippen molar-refractivity contribution in [3.05, 3.63) is 48.0 Å². The summed E-state index contributed by atoms with van der Waals surface area (Å²) in [5, 5.41) is 9.45. The van der Waals surface area contributed by atoms with Crippen LogP contribution in [0.2, 0.25) is 0 Å². The smallest absolute Gasteiger partial charge is 0.148 e. The van der Waals surface area contributed by atoms with Gasteiger partial charge in [-0.25, -0.2) is 0 Å². The second-order valence-corrected chi connectivity index (χ2v) is 4.44. The molecule has 2 aromatic rings. The zero-order valence-corrected chi connectivity index (χ0v) is 11.0. The second-order valence-electron chi connectivity index (χ2n) is 4.44. The first kappa shape index (κ1) is 13.7. The summed E-state index contributed by atoms with van der Waals surface area (Å²) < 4.78 is 5.74. The van der Waals surface area contributed by atoms with Gasteiger partial charge in [0.15, 0.2) is 0 Å². The molecule has 1 aliphatic rings. The molecule has 2 unspecified atom stereocenters. The monoisotopic (exact) mass is 258 g/mol. The van der Waals surface area contributed by atoms with E-state index in [-0.39, 0.29) is 12.2 Å². The molecule has 1 aliphatic heterocycles. The molecule has 0 aliphatic carbocycles. The van der Waals surface area contributed by atoms with Gasteiger partial charge in [0.05, 0.1) is 6.10 Å². The van der Waals surface area contributed by atoms with Crippen LogP contribution in [0.4, 0.5) is 0 Å². The summed E-state index contributed by atoms with van der Waals surface area (Å²) in [6.45, 7) is 0. The van der Waals surface area contributed by atoms with Gasteiger partial charge in [0.1, 0.15) is 12.4 Å². The molecule has 0 radical (unpaired) electrons. The molecule has 3 heteroatoms. The van der Waals surface area contributed by atoms with Crippen LogP contribution in [0.25, 0.3) is 10.8 Å². The van der Waals surface area contributed by atoms with Gasteiger partial charge < -0.3 is 14.6 Å². The first-order chi connectivity index (χ1) is 9.38. The minimum atomic E-state index is -0.223. The van der Waals surface area contributed by atoms with Crippen molar-refractivity contribution < 1.29 is 14.6 Å². The average Bonchev–Trinajstić information content (AvgIpc) is 2.97. The lowest BCUT2D eigenvalue weighted by Gasteiger charge is -2.13. The molecule has 2 aromatic carbocycles. The maximum Gasteiger partial charge on any atom is 0.148 e. The predicted molar refractivity (Wildman–Crippen MR) is 75.0 cm³/mol. The van der Waals surface area contributed by atoms with Crippen LogP contribution in [-0.4, -0.2) is 24.6 Å². The average molecular weight is 258 g/mol. The van der Waals surface area contributed by atoms with Crippen LogP contribution >= 0.6 is 0 Å². The van der Waals surface area contributed by atoms with E-state index in [1.807, 2.05) is 12.1 Å². The topological polar surface area (TPSA) is 46.5 Å². The van der Waals surface area contributed by atoms with E-state index in [0.717, 1.165) is 26.2 Å². The summed E-state index contributed by atoms with van der Waals surface area (Å²) in [4.78, 5) is 10.7. The normalized spacial score (nSPS) is 21.8. The molecule has 3 nitrogen and oxygen atoms in total. The fraction of sp³-hybridized carbons (Fsp3) is 0.312. The largest absolute Gasteiger partial charge is 0.400 e. The van der Waals surface area contributed by atoms with Gasteiger partial charge >= 0.3 is 0 Å². The summed E-state index contributed by atoms with van der Waals surface area (Å²) in [7, 11) is 1.00. The molecule has 1 saturated heterocycles. The lowest BCUT2D eigenvalue weighted by Crippen LogP contribution is -2.07. The second kappa shape index (κ2) is 6.45. The molecule has 0 amide bonds. The summed E-state index contributed by atoms with van der Waals surface area (Å²) in [5.41, 5.74) is 1.20. The number of hydrogen-bond acceptors (Lipinski definition) is 3. The number of fused-ring (bicyclic) bond motifs is 1. The molecule has 19 heavy (non-hydrogen) atoms. The minimum Gasteiger partial charge on any atom is -0.400 e. The minimum absolute atomic E-state index is 0.0660. The summed E-state index contributed by atoms with van der Waals surface area (Å²) in [6.07, 6.45) is 2.51. The number of hydrogen-bond donors (Lipinski definition) is 1. The van der Waals surface area contributed by atoms with Crippen LogP contribution in [0.5, 0.6) is 0 Å². The van der Waals surface area contributed by atoms with Gasteiger partial charge in [-0.3, -0.25) is 0 Å². The third-order valence-electron chi connectivity index (χ3n) is 3.37. The third kappa shape index (κ3) is 2.83. The highest BCUT2D eigenvalue weighted by atomic mass is 16.5. The van der Waals surface area contributed by atoms with E-state index in [9.17, 15) is 4.79 Å². The van der Waals surface area contributed by atoms with E-state index in [4.69, 9.17) is 9.84 Å². The molecule has 0 spiro atoms. The predicted octanol–water partition coefficient (Wildman–Crippen LogP) is 2.87. The number of carbonyl (C=O) groups is 1. The van der Waals surface area contributed by atoms with Crippen molar-refractivity contribution in [3.8, 4) is 0 Å². The van der Waals surface area contributed by atoms with Crippen molar-refractivity contribution in [2.45, 2.75) is 25.0 Å². The van der Waals surface area contributed by atoms with E-state index < -0.39 is 0 Å². The lowest BCUT2D eigenvalue weighted by molar-refractivity contribution is -0.117. The zero-order valence-electron chi connectivity index (χ0n) is 11.0. The van der Waals surface area contributed by atoms with E-state index >= 15 is 0 Å². The standard InChI is InChI=1S/C15H14O2.CH4O/c16-10-12-8-9-15(17-12)14-7-3-5-11-4-1-2-6-13(11)14;1-2/h1-7,10,12,15H,8-9H2;2H,1H3. The fourth-order valence-electron chi connectivity index (χ4n) is 2.52. The van der Waals surface area contributed by atoms with Gasteiger partial charge in [0.25, 0.3) is 0 Å². The maximum atomic E-state index is 10.7. The Kier molecular flexibility index (Phi) is 4.66.